The molecule has 0 saturated heterocycles. The highest BCUT2D eigenvalue weighted by molar-refractivity contribution is 7.07. The first-order valence-electron chi connectivity index (χ1n) is 4.72. The van der Waals surface area contributed by atoms with Gasteiger partial charge in [-0.05, 0) is 54.0 Å². The lowest BCUT2D eigenvalue weighted by molar-refractivity contribution is 1.37. The molecule has 1 heteroatoms. The van der Waals surface area contributed by atoms with E-state index in [1.165, 1.54) is 27.8 Å². The standard InChI is InChI=1S/C13H13S/c1-9-5-4-6-10(2)13(9)12-8-14-7-11(12)3/h4-6,8H,1-3H3. The van der Waals surface area contributed by atoms with Gasteiger partial charge < -0.3 is 0 Å². The van der Waals surface area contributed by atoms with Crippen molar-refractivity contribution < 1.29 is 0 Å². The van der Waals surface area contributed by atoms with Crippen molar-refractivity contribution in [1.29, 1.82) is 0 Å². The molecule has 0 N–H and O–H groups in total. The van der Waals surface area contributed by atoms with E-state index in [1.54, 1.807) is 11.3 Å². The summed E-state index contributed by atoms with van der Waals surface area (Å²) in [6, 6.07) is 6.44. The summed E-state index contributed by atoms with van der Waals surface area (Å²) in [6.07, 6.45) is 0. The normalized spacial score (nSPS) is 10.5. The predicted molar refractivity (Wildman–Crippen MR) is 62.8 cm³/mol. The minimum Gasteiger partial charge on any atom is -0.142 e. The molecule has 0 bridgehead atoms. The number of aryl methyl sites for hydroxylation is 3. The molecule has 0 unspecified atom stereocenters. The molecule has 71 valence electrons. The van der Waals surface area contributed by atoms with Crippen molar-refractivity contribution in [2.45, 2.75) is 20.8 Å². The van der Waals surface area contributed by atoms with Crippen LogP contribution in [0.2, 0.25) is 0 Å². The topological polar surface area (TPSA) is 0 Å². The molecule has 0 aliphatic carbocycles. The maximum absolute atomic E-state index is 3.26. The van der Waals surface area contributed by atoms with Crippen LogP contribution in [0, 0.1) is 26.2 Å². The van der Waals surface area contributed by atoms with Gasteiger partial charge in [0.15, 0.2) is 0 Å². The second-order valence-electron chi connectivity index (χ2n) is 3.64. The summed E-state index contributed by atoms with van der Waals surface area (Å²) in [7, 11) is 0. The molecule has 0 fully saturated rings. The lowest BCUT2D eigenvalue weighted by Gasteiger charge is -2.08. The highest BCUT2D eigenvalue weighted by Gasteiger charge is 2.08. The van der Waals surface area contributed by atoms with Gasteiger partial charge in [0.2, 0.25) is 0 Å². The summed E-state index contributed by atoms with van der Waals surface area (Å²) < 4.78 is 0. The van der Waals surface area contributed by atoms with Crippen molar-refractivity contribution >= 4 is 11.3 Å². The van der Waals surface area contributed by atoms with Crippen LogP contribution in [-0.2, 0) is 0 Å². The molecular formula is C13H13S. The number of benzene rings is 1. The van der Waals surface area contributed by atoms with Gasteiger partial charge in [-0.3, -0.25) is 0 Å². The minimum absolute atomic E-state index is 1.26. The van der Waals surface area contributed by atoms with E-state index in [1.807, 2.05) is 0 Å². The van der Waals surface area contributed by atoms with Crippen molar-refractivity contribution in [3.8, 4) is 11.1 Å². The van der Waals surface area contributed by atoms with E-state index in [4.69, 9.17) is 0 Å². The number of hydrogen-bond donors (Lipinski definition) is 0. The van der Waals surface area contributed by atoms with Gasteiger partial charge in [-0.1, -0.05) is 18.2 Å². The van der Waals surface area contributed by atoms with Crippen LogP contribution in [0.3, 0.4) is 0 Å². The van der Waals surface area contributed by atoms with E-state index >= 15 is 0 Å². The van der Waals surface area contributed by atoms with Crippen LogP contribution in [0.5, 0.6) is 0 Å². The Labute approximate surface area is 89.2 Å². The van der Waals surface area contributed by atoms with Crippen LogP contribution in [0.4, 0.5) is 0 Å². The van der Waals surface area contributed by atoms with Crippen molar-refractivity contribution in [3.05, 3.63) is 45.6 Å². The summed E-state index contributed by atoms with van der Waals surface area (Å²) in [5, 5.41) is 5.45. The van der Waals surface area contributed by atoms with Gasteiger partial charge in [0.25, 0.3) is 0 Å². The Hall–Kier alpha value is -1.08. The zero-order chi connectivity index (χ0) is 10.1. The highest BCUT2D eigenvalue weighted by atomic mass is 32.1. The molecule has 0 amide bonds. The van der Waals surface area contributed by atoms with E-state index in [2.05, 4.69) is 49.7 Å². The Morgan fingerprint density at radius 3 is 2.21 bits per heavy atom. The number of hydrogen-bond acceptors (Lipinski definition) is 1. The van der Waals surface area contributed by atoms with Crippen LogP contribution in [0.15, 0.2) is 23.6 Å². The minimum atomic E-state index is 1.26. The fraction of sp³-hybridized carbons (Fsp3) is 0.231. The molecule has 0 spiro atoms. The van der Waals surface area contributed by atoms with Crippen molar-refractivity contribution in [1.82, 2.24) is 0 Å². The fourth-order valence-electron chi connectivity index (χ4n) is 1.81. The smallest absolute Gasteiger partial charge is 0.0481 e. The maximum Gasteiger partial charge on any atom is 0.0481 e. The molecule has 2 aromatic rings. The molecule has 1 radical (unpaired) electrons. The third-order valence-corrected chi connectivity index (χ3v) is 3.32. The van der Waals surface area contributed by atoms with Gasteiger partial charge in [-0.2, -0.15) is 0 Å². The van der Waals surface area contributed by atoms with Crippen LogP contribution in [0.25, 0.3) is 11.1 Å². The van der Waals surface area contributed by atoms with Gasteiger partial charge in [-0.15, -0.1) is 11.3 Å². The molecule has 0 aliphatic heterocycles. The quantitative estimate of drug-likeness (QED) is 0.650. The summed E-state index contributed by atoms with van der Waals surface area (Å²) >= 11 is 1.65. The monoisotopic (exact) mass is 201 g/mol. The zero-order valence-electron chi connectivity index (χ0n) is 8.72. The van der Waals surface area contributed by atoms with Crippen LogP contribution in [-0.4, -0.2) is 0 Å². The summed E-state index contributed by atoms with van der Waals surface area (Å²) in [6.45, 7) is 6.45. The van der Waals surface area contributed by atoms with Crippen molar-refractivity contribution in [2.75, 3.05) is 0 Å². The Morgan fingerprint density at radius 2 is 1.71 bits per heavy atom. The lowest BCUT2D eigenvalue weighted by Crippen LogP contribution is -1.87. The van der Waals surface area contributed by atoms with E-state index in [0.717, 1.165) is 0 Å². The molecule has 0 atom stereocenters. The number of thiophene rings is 1. The Kier molecular flexibility index (Phi) is 2.42. The Balaban J connectivity index is 2.68. The first kappa shape index (κ1) is 9.47. The second-order valence-corrected chi connectivity index (χ2v) is 4.32. The molecule has 0 nitrogen and oxygen atoms in total. The largest absolute Gasteiger partial charge is 0.142 e. The highest BCUT2D eigenvalue weighted by Crippen LogP contribution is 2.31. The number of rotatable bonds is 1. The van der Waals surface area contributed by atoms with Crippen LogP contribution >= 0.6 is 11.3 Å². The molecule has 0 saturated carbocycles. The van der Waals surface area contributed by atoms with E-state index < -0.39 is 0 Å². The molecular weight excluding hydrogens is 188 g/mol. The first-order valence-corrected chi connectivity index (χ1v) is 5.60. The van der Waals surface area contributed by atoms with Crippen molar-refractivity contribution in [3.63, 3.8) is 0 Å². The molecule has 0 aliphatic rings. The van der Waals surface area contributed by atoms with Crippen molar-refractivity contribution in [2.24, 2.45) is 0 Å². The average molecular weight is 201 g/mol. The fourth-order valence-corrected chi connectivity index (χ4v) is 2.56. The Bertz CT molecular complexity index is 432. The zero-order valence-corrected chi connectivity index (χ0v) is 9.53. The molecule has 2 rings (SSSR count). The van der Waals surface area contributed by atoms with Gasteiger partial charge in [0.1, 0.15) is 0 Å². The summed E-state index contributed by atoms with van der Waals surface area (Å²) in [4.78, 5) is 0. The van der Waals surface area contributed by atoms with E-state index in [9.17, 15) is 0 Å². The lowest BCUT2D eigenvalue weighted by atomic mass is 9.96. The SMILES string of the molecule is Cc1[c]scc1-c1c(C)cccc1C. The first-order chi connectivity index (χ1) is 6.70. The van der Waals surface area contributed by atoms with E-state index in [-0.39, 0.29) is 0 Å². The van der Waals surface area contributed by atoms with Gasteiger partial charge in [-0.25, -0.2) is 0 Å². The average Bonchev–Trinajstić information content (AvgIpc) is 2.52. The third-order valence-electron chi connectivity index (χ3n) is 2.54. The molecule has 1 aromatic carbocycles. The molecule has 14 heavy (non-hydrogen) atoms. The Morgan fingerprint density at radius 1 is 1.07 bits per heavy atom. The van der Waals surface area contributed by atoms with Gasteiger partial charge in [0, 0.05) is 5.38 Å². The summed E-state index contributed by atoms with van der Waals surface area (Å²) in [5.41, 5.74) is 6.67. The predicted octanol–water partition coefficient (Wildman–Crippen LogP) is 4.14. The van der Waals surface area contributed by atoms with Crippen LogP contribution < -0.4 is 0 Å². The van der Waals surface area contributed by atoms with Crippen LogP contribution in [0.1, 0.15) is 16.7 Å². The maximum atomic E-state index is 3.26. The molecule has 1 aromatic heterocycles. The third kappa shape index (κ3) is 1.48. The molecule has 1 heterocycles. The second kappa shape index (κ2) is 3.58. The van der Waals surface area contributed by atoms with E-state index in [0.29, 0.717) is 0 Å². The van der Waals surface area contributed by atoms with Gasteiger partial charge >= 0.3 is 0 Å². The summed E-state index contributed by atoms with van der Waals surface area (Å²) in [5.74, 6) is 0. The van der Waals surface area contributed by atoms with Gasteiger partial charge in [0.05, 0.1) is 0 Å².